The maximum absolute atomic E-state index is 10.6. The molecule has 0 amide bonds. The molecule has 1 saturated carbocycles. The van der Waals surface area contributed by atoms with Crippen LogP contribution in [0.2, 0.25) is 0 Å². The van der Waals surface area contributed by atoms with Gasteiger partial charge in [0.15, 0.2) is 0 Å². The summed E-state index contributed by atoms with van der Waals surface area (Å²) in [6, 6.07) is 11.0. The number of benzene rings is 1. The maximum atomic E-state index is 10.6. The topological polar surface area (TPSA) is 69.6 Å². The van der Waals surface area contributed by atoms with E-state index in [0.29, 0.717) is 5.41 Å². The first kappa shape index (κ1) is 21.4. The van der Waals surface area contributed by atoms with Gasteiger partial charge in [0.05, 0.1) is 0 Å². The molecule has 1 aromatic carbocycles. The molecule has 1 N–H and O–H groups in total. The molecule has 3 heterocycles. The molecule has 166 valence electrons. The Morgan fingerprint density at radius 1 is 1.10 bits per heavy atom. The van der Waals surface area contributed by atoms with Gasteiger partial charge in [0.25, 0.3) is 0 Å². The smallest absolute Gasteiger partial charge is 0.475 e. The van der Waals surface area contributed by atoms with Crippen molar-refractivity contribution in [1.82, 2.24) is 9.97 Å². The van der Waals surface area contributed by atoms with Gasteiger partial charge in [-0.25, -0.2) is 14.8 Å². The lowest BCUT2D eigenvalue weighted by molar-refractivity contribution is -0.192. The Bertz CT molecular complexity index is 910. The van der Waals surface area contributed by atoms with E-state index in [0.717, 1.165) is 25.0 Å². The fourth-order valence-corrected chi connectivity index (χ4v) is 4.53. The van der Waals surface area contributed by atoms with Crippen molar-refractivity contribution in [3.8, 4) is 0 Å². The van der Waals surface area contributed by atoms with Crippen molar-refractivity contribution >= 4 is 17.6 Å². The second-order valence-corrected chi connectivity index (χ2v) is 8.46. The summed E-state index contributed by atoms with van der Waals surface area (Å²) >= 11 is 0. The zero-order valence-corrected chi connectivity index (χ0v) is 17.1. The number of carbonyl (C=O) groups is 1. The van der Waals surface area contributed by atoms with Crippen LogP contribution in [0.3, 0.4) is 0 Å². The van der Waals surface area contributed by atoms with Crippen LogP contribution in [0.25, 0.3) is 0 Å². The zero-order valence-electron chi connectivity index (χ0n) is 17.1. The van der Waals surface area contributed by atoms with E-state index in [-0.39, 0.29) is 0 Å². The molecule has 0 unspecified atom stereocenters. The number of alkyl halides is 3. The van der Waals surface area contributed by atoms with E-state index in [2.05, 4.69) is 44.0 Å². The first-order valence-corrected chi connectivity index (χ1v) is 10.4. The van der Waals surface area contributed by atoms with Gasteiger partial charge in [-0.15, -0.1) is 0 Å². The van der Waals surface area contributed by atoms with Crippen LogP contribution < -0.4 is 9.80 Å². The predicted molar refractivity (Wildman–Crippen MR) is 110 cm³/mol. The zero-order chi connectivity index (χ0) is 22.1. The Morgan fingerprint density at radius 2 is 1.71 bits per heavy atom. The lowest BCUT2D eigenvalue weighted by Gasteiger charge is -2.40. The van der Waals surface area contributed by atoms with Crippen LogP contribution in [-0.4, -0.2) is 53.4 Å². The molecule has 2 aliphatic heterocycles. The lowest BCUT2D eigenvalue weighted by Crippen LogP contribution is -2.46. The number of hydrogen-bond acceptors (Lipinski definition) is 5. The number of aliphatic carboxylic acids is 1. The van der Waals surface area contributed by atoms with Crippen LogP contribution in [0, 0.1) is 5.92 Å². The minimum atomic E-state index is -5.08. The molecule has 6 nitrogen and oxygen atoms in total. The molecule has 1 aromatic heterocycles. The number of aromatic nitrogens is 2. The van der Waals surface area contributed by atoms with Crippen LogP contribution >= 0.6 is 0 Å². The van der Waals surface area contributed by atoms with Crippen LogP contribution in [0.15, 0.2) is 42.7 Å². The van der Waals surface area contributed by atoms with Crippen molar-refractivity contribution in [2.24, 2.45) is 5.92 Å². The molecule has 2 fully saturated rings. The number of para-hydroxylation sites is 1. The summed E-state index contributed by atoms with van der Waals surface area (Å²) in [4.78, 5) is 22.8. The second-order valence-electron chi connectivity index (χ2n) is 8.46. The van der Waals surface area contributed by atoms with Gasteiger partial charge in [-0.1, -0.05) is 18.2 Å². The first-order chi connectivity index (χ1) is 14.8. The lowest BCUT2D eigenvalue weighted by atomic mass is 9.74. The minimum absolute atomic E-state index is 0.330. The van der Waals surface area contributed by atoms with Crippen molar-refractivity contribution in [2.45, 2.75) is 37.3 Å². The monoisotopic (exact) mass is 434 g/mol. The fraction of sp³-hybridized carbons (Fsp3) is 0.500. The van der Waals surface area contributed by atoms with Gasteiger partial charge in [0, 0.05) is 49.7 Å². The Balaban J connectivity index is 0.000000289. The number of carboxylic acid groups (broad SMARTS) is 1. The Labute approximate surface area is 178 Å². The largest absolute Gasteiger partial charge is 0.490 e. The summed E-state index contributed by atoms with van der Waals surface area (Å²) in [5.74, 6) is -0.938. The number of anilines is 2. The van der Waals surface area contributed by atoms with Crippen molar-refractivity contribution in [2.75, 3.05) is 36.0 Å². The molecule has 9 heteroatoms. The standard InChI is InChI=1S/C20H24N4.C2HF3O2/c1-2-5-18-17(4-1)20(15-24(18)14-16-6-7-16)8-12-23(13-9-20)19-21-10-3-11-22-19;3-2(4,5)1(6)7/h1-5,10-11,16H,6-9,12-15H2;(H,6,7). The Morgan fingerprint density at radius 3 is 2.29 bits per heavy atom. The SMILES string of the molecule is O=C(O)C(F)(F)F.c1cnc(N2CCC3(CC2)CN(CC2CC2)c2ccccc23)nc1. The van der Waals surface area contributed by atoms with Crippen molar-refractivity contribution in [3.05, 3.63) is 48.3 Å². The summed E-state index contributed by atoms with van der Waals surface area (Å²) in [5.41, 5.74) is 3.41. The molecule has 3 aliphatic rings. The summed E-state index contributed by atoms with van der Waals surface area (Å²) in [7, 11) is 0. The van der Waals surface area contributed by atoms with Gasteiger partial charge < -0.3 is 14.9 Å². The number of nitrogens with zero attached hydrogens (tertiary/aromatic N) is 4. The van der Waals surface area contributed by atoms with E-state index in [1.54, 1.807) is 5.56 Å². The maximum Gasteiger partial charge on any atom is 0.490 e. The van der Waals surface area contributed by atoms with Gasteiger partial charge in [-0.3, -0.25) is 0 Å². The highest BCUT2D eigenvalue weighted by Gasteiger charge is 2.45. The fourth-order valence-electron chi connectivity index (χ4n) is 4.53. The van der Waals surface area contributed by atoms with Crippen LogP contribution in [0.1, 0.15) is 31.2 Å². The van der Waals surface area contributed by atoms with Crippen LogP contribution in [0.4, 0.5) is 24.8 Å². The minimum Gasteiger partial charge on any atom is -0.475 e. The highest BCUT2D eigenvalue weighted by atomic mass is 19.4. The van der Waals surface area contributed by atoms with Crippen LogP contribution in [-0.2, 0) is 10.2 Å². The molecule has 2 aromatic rings. The average Bonchev–Trinajstić information content (AvgIpc) is 3.53. The molecule has 0 bridgehead atoms. The number of carboxylic acids is 1. The average molecular weight is 434 g/mol. The number of rotatable bonds is 3. The van der Waals surface area contributed by atoms with Gasteiger partial charge in [0.2, 0.25) is 5.95 Å². The van der Waals surface area contributed by atoms with Crippen molar-refractivity contribution in [1.29, 1.82) is 0 Å². The molecular formula is C22H25F3N4O2. The molecule has 31 heavy (non-hydrogen) atoms. The molecular weight excluding hydrogens is 409 g/mol. The third-order valence-electron chi connectivity index (χ3n) is 6.28. The summed E-state index contributed by atoms with van der Waals surface area (Å²) in [5, 5.41) is 7.12. The number of fused-ring (bicyclic) bond motifs is 2. The molecule has 1 saturated heterocycles. The van der Waals surface area contributed by atoms with Crippen molar-refractivity contribution in [3.63, 3.8) is 0 Å². The van der Waals surface area contributed by atoms with Gasteiger partial charge in [-0.05, 0) is 49.3 Å². The summed E-state index contributed by atoms with van der Waals surface area (Å²) in [6.45, 7) is 4.56. The number of hydrogen-bond donors (Lipinski definition) is 1. The normalized spacial score (nSPS) is 19.6. The summed E-state index contributed by atoms with van der Waals surface area (Å²) < 4.78 is 31.7. The van der Waals surface area contributed by atoms with E-state index >= 15 is 0 Å². The van der Waals surface area contributed by atoms with Gasteiger partial charge in [-0.2, -0.15) is 13.2 Å². The highest BCUT2D eigenvalue weighted by Crippen LogP contribution is 2.48. The second kappa shape index (κ2) is 8.36. The molecule has 0 radical (unpaired) electrons. The number of halogens is 3. The van der Waals surface area contributed by atoms with Crippen molar-refractivity contribution < 1.29 is 23.1 Å². The van der Waals surface area contributed by atoms with Gasteiger partial charge in [0.1, 0.15) is 0 Å². The Kier molecular flexibility index (Phi) is 5.77. The van der Waals surface area contributed by atoms with E-state index in [4.69, 9.17) is 9.90 Å². The van der Waals surface area contributed by atoms with E-state index in [1.807, 2.05) is 18.5 Å². The summed E-state index contributed by atoms with van der Waals surface area (Å²) in [6.07, 6.45) is 3.84. The quantitative estimate of drug-likeness (QED) is 0.791. The third-order valence-corrected chi connectivity index (χ3v) is 6.28. The van der Waals surface area contributed by atoms with Gasteiger partial charge >= 0.3 is 12.1 Å². The van der Waals surface area contributed by atoms with E-state index in [1.165, 1.54) is 44.5 Å². The molecule has 1 aliphatic carbocycles. The Hall–Kier alpha value is -2.84. The first-order valence-electron chi connectivity index (χ1n) is 10.4. The van der Waals surface area contributed by atoms with Crippen LogP contribution in [0.5, 0.6) is 0 Å². The number of piperidine rings is 1. The molecule has 0 atom stereocenters. The molecule has 5 rings (SSSR count). The van der Waals surface area contributed by atoms with E-state index < -0.39 is 12.1 Å². The predicted octanol–water partition coefficient (Wildman–Crippen LogP) is 3.88. The van der Waals surface area contributed by atoms with E-state index in [9.17, 15) is 13.2 Å². The highest BCUT2D eigenvalue weighted by molar-refractivity contribution is 5.73. The molecule has 1 spiro atoms. The third kappa shape index (κ3) is 4.75.